The molecule has 1 N–H and O–H groups in total. The van der Waals surface area contributed by atoms with E-state index in [4.69, 9.17) is 0 Å². The van der Waals surface area contributed by atoms with Crippen LogP contribution in [-0.2, 0) is 16.4 Å². The first-order valence-corrected chi connectivity index (χ1v) is 12.2. The van der Waals surface area contributed by atoms with E-state index < -0.39 is 27.7 Å². The molecule has 34 heavy (non-hydrogen) atoms. The van der Waals surface area contributed by atoms with Gasteiger partial charge in [-0.05, 0) is 60.9 Å². The van der Waals surface area contributed by atoms with Gasteiger partial charge in [0.2, 0.25) is 0 Å². The largest absolute Gasteiger partial charge is 0.321 e. The van der Waals surface area contributed by atoms with Crippen LogP contribution in [0.1, 0.15) is 43.1 Å². The molecule has 0 spiro atoms. The summed E-state index contributed by atoms with van der Waals surface area (Å²) < 4.78 is 28.0. The molecule has 2 aliphatic heterocycles. The highest BCUT2D eigenvalue weighted by Gasteiger charge is 2.35. The van der Waals surface area contributed by atoms with Gasteiger partial charge in [0.1, 0.15) is 0 Å². The Hall–Kier alpha value is -3.98. The number of anilines is 2. The minimum Gasteiger partial charge on any atom is -0.321 e. The molecular formula is C25H21N3O5S. The van der Waals surface area contributed by atoms with E-state index in [1.54, 1.807) is 18.2 Å². The van der Waals surface area contributed by atoms with Crippen LogP contribution in [0.15, 0.2) is 71.6 Å². The molecule has 0 atom stereocenters. The van der Waals surface area contributed by atoms with Gasteiger partial charge >= 0.3 is 0 Å². The second-order valence-electron chi connectivity index (χ2n) is 8.19. The number of sulfonamides is 1. The predicted molar refractivity (Wildman–Crippen MR) is 127 cm³/mol. The summed E-state index contributed by atoms with van der Waals surface area (Å²) in [7, 11) is -2.41. The molecule has 8 nitrogen and oxygen atoms in total. The molecular weight excluding hydrogens is 454 g/mol. The highest BCUT2D eigenvalue weighted by molar-refractivity contribution is 7.92. The predicted octanol–water partition coefficient (Wildman–Crippen LogP) is 3.31. The molecule has 3 aromatic rings. The fourth-order valence-corrected chi connectivity index (χ4v) is 5.90. The van der Waals surface area contributed by atoms with Gasteiger partial charge in [-0.25, -0.2) is 8.42 Å². The monoisotopic (exact) mass is 475 g/mol. The topological polar surface area (TPSA) is 104 Å². The number of fused-ring (bicyclic) bond motifs is 2. The number of para-hydroxylation sites is 1. The van der Waals surface area contributed by atoms with Crippen LogP contribution in [0.3, 0.4) is 0 Å². The number of benzene rings is 3. The Bertz CT molecular complexity index is 1450. The molecule has 3 aromatic carbocycles. The summed E-state index contributed by atoms with van der Waals surface area (Å²) in [5.74, 6) is -1.43. The van der Waals surface area contributed by atoms with Crippen molar-refractivity contribution < 1.29 is 22.8 Å². The lowest BCUT2D eigenvalue weighted by atomic mass is 10.0. The van der Waals surface area contributed by atoms with Crippen LogP contribution in [0.25, 0.3) is 0 Å². The van der Waals surface area contributed by atoms with Gasteiger partial charge in [-0.2, -0.15) is 0 Å². The fourth-order valence-electron chi connectivity index (χ4n) is 4.35. The molecule has 0 aliphatic carbocycles. The van der Waals surface area contributed by atoms with E-state index in [-0.39, 0.29) is 27.3 Å². The van der Waals surface area contributed by atoms with Gasteiger partial charge in [0.25, 0.3) is 27.7 Å². The van der Waals surface area contributed by atoms with Crippen molar-refractivity contribution in [2.75, 3.05) is 23.2 Å². The summed E-state index contributed by atoms with van der Waals surface area (Å²) in [4.78, 5) is 38.5. The quantitative estimate of drug-likeness (QED) is 0.583. The van der Waals surface area contributed by atoms with E-state index in [0.717, 1.165) is 23.3 Å². The number of carbonyl (C=O) groups is 3. The van der Waals surface area contributed by atoms with Gasteiger partial charge < -0.3 is 5.32 Å². The highest BCUT2D eigenvalue weighted by Crippen LogP contribution is 2.32. The Morgan fingerprint density at radius 2 is 1.65 bits per heavy atom. The van der Waals surface area contributed by atoms with Gasteiger partial charge in [0.15, 0.2) is 0 Å². The summed E-state index contributed by atoms with van der Waals surface area (Å²) in [6, 6.07) is 17.8. The van der Waals surface area contributed by atoms with Crippen molar-refractivity contribution in [1.82, 2.24) is 4.90 Å². The minimum absolute atomic E-state index is 0.0868. The zero-order chi connectivity index (χ0) is 24.0. The van der Waals surface area contributed by atoms with Gasteiger partial charge in [0, 0.05) is 19.2 Å². The van der Waals surface area contributed by atoms with Crippen molar-refractivity contribution in [3.63, 3.8) is 0 Å². The lowest BCUT2D eigenvalue weighted by molar-refractivity contribution is 0.0693. The maximum atomic E-state index is 13.3. The maximum absolute atomic E-state index is 13.3. The van der Waals surface area contributed by atoms with Crippen molar-refractivity contribution in [3.8, 4) is 0 Å². The third-order valence-corrected chi connectivity index (χ3v) is 7.97. The van der Waals surface area contributed by atoms with Crippen molar-refractivity contribution in [2.24, 2.45) is 0 Å². The number of amides is 3. The summed E-state index contributed by atoms with van der Waals surface area (Å²) in [6.07, 6.45) is 1.56. The van der Waals surface area contributed by atoms with Crippen LogP contribution >= 0.6 is 0 Å². The van der Waals surface area contributed by atoms with Crippen molar-refractivity contribution >= 4 is 39.1 Å². The summed E-state index contributed by atoms with van der Waals surface area (Å²) in [5.41, 5.74) is 2.49. The molecule has 0 unspecified atom stereocenters. The second kappa shape index (κ2) is 8.11. The molecule has 2 aliphatic rings. The molecule has 0 aromatic heterocycles. The molecule has 9 heteroatoms. The Morgan fingerprint density at radius 3 is 2.41 bits per heavy atom. The van der Waals surface area contributed by atoms with Crippen molar-refractivity contribution in [3.05, 3.63) is 89.0 Å². The van der Waals surface area contributed by atoms with Crippen LogP contribution < -0.4 is 9.62 Å². The molecule has 3 amide bonds. The molecule has 0 bridgehead atoms. The summed E-state index contributed by atoms with van der Waals surface area (Å²) in [6.45, 7) is 0.391. The number of aryl methyl sites for hydroxylation is 1. The lowest BCUT2D eigenvalue weighted by Gasteiger charge is -2.30. The third kappa shape index (κ3) is 3.45. The van der Waals surface area contributed by atoms with Crippen molar-refractivity contribution in [2.45, 2.75) is 17.7 Å². The normalized spacial score (nSPS) is 15.2. The standard InChI is InChI=1S/C25H21N3O5S/c1-27-24(30)19-8-4-9-20(22(19)25(27)31)26-23(29)17-11-13-18(14-12-17)34(32,33)28-15-5-7-16-6-2-3-10-21(16)28/h2-4,6,8-14H,5,7,15H2,1H3,(H,26,29). The van der Waals surface area contributed by atoms with Gasteiger partial charge in [-0.1, -0.05) is 24.3 Å². The first-order valence-electron chi connectivity index (χ1n) is 10.8. The average Bonchev–Trinajstić information content (AvgIpc) is 3.08. The van der Waals surface area contributed by atoms with E-state index in [0.29, 0.717) is 12.2 Å². The van der Waals surface area contributed by atoms with E-state index in [1.165, 1.54) is 41.7 Å². The molecule has 5 rings (SSSR count). The number of rotatable bonds is 4. The fraction of sp³-hybridized carbons (Fsp3) is 0.160. The minimum atomic E-state index is -3.79. The number of imide groups is 1. The van der Waals surface area contributed by atoms with Gasteiger partial charge in [-0.15, -0.1) is 0 Å². The van der Waals surface area contributed by atoms with Crippen LogP contribution in [0.2, 0.25) is 0 Å². The molecule has 0 saturated carbocycles. The SMILES string of the molecule is CN1C(=O)c2cccc(NC(=O)c3ccc(S(=O)(=O)N4CCCc5ccccc54)cc3)c2C1=O. The summed E-state index contributed by atoms with van der Waals surface area (Å²) in [5, 5.41) is 2.67. The molecule has 0 radical (unpaired) electrons. The van der Waals surface area contributed by atoms with E-state index in [2.05, 4.69) is 5.32 Å². The van der Waals surface area contributed by atoms with Gasteiger partial charge in [0.05, 0.1) is 27.4 Å². The van der Waals surface area contributed by atoms with E-state index in [1.807, 2.05) is 18.2 Å². The first kappa shape index (κ1) is 21.8. The van der Waals surface area contributed by atoms with E-state index in [9.17, 15) is 22.8 Å². The van der Waals surface area contributed by atoms with Crippen molar-refractivity contribution in [1.29, 1.82) is 0 Å². The highest BCUT2D eigenvalue weighted by atomic mass is 32.2. The number of carbonyl (C=O) groups excluding carboxylic acids is 3. The first-order chi connectivity index (χ1) is 16.3. The van der Waals surface area contributed by atoms with Crippen LogP contribution in [0, 0.1) is 0 Å². The molecule has 0 saturated heterocycles. The molecule has 172 valence electrons. The summed E-state index contributed by atoms with van der Waals surface area (Å²) >= 11 is 0. The Morgan fingerprint density at radius 1 is 0.912 bits per heavy atom. The molecule has 2 heterocycles. The molecule has 0 fully saturated rings. The Kier molecular flexibility index (Phi) is 5.21. The maximum Gasteiger partial charge on any atom is 0.264 e. The average molecular weight is 476 g/mol. The lowest BCUT2D eigenvalue weighted by Crippen LogP contribution is -2.35. The number of hydrogen-bond donors (Lipinski definition) is 1. The van der Waals surface area contributed by atoms with Gasteiger partial charge in [-0.3, -0.25) is 23.6 Å². The van der Waals surface area contributed by atoms with Crippen LogP contribution in [-0.4, -0.2) is 44.6 Å². The third-order valence-electron chi connectivity index (χ3n) is 6.14. The Balaban J connectivity index is 1.39. The number of nitrogens with zero attached hydrogens (tertiary/aromatic N) is 2. The van der Waals surface area contributed by atoms with E-state index >= 15 is 0 Å². The number of nitrogens with one attached hydrogen (secondary N) is 1. The smallest absolute Gasteiger partial charge is 0.264 e. The zero-order valence-electron chi connectivity index (χ0n) is 18.3. The van der Waals surface area contributed by atoms with Crippen LogP contribution in [0.4, 0.5) is 11.4 Å². The second-order valence-corrected chi connectivity index (χ2v) is 10.0. The number of hydrogen-bond acceptors (Lipinski definition) is 5. The Labute approximate surface area is 196 Å². The zero-order valence-corrected chi connectivity index (χ0v) is 19.1. The van der Waals surface area contributed by atoms with Crippen LogP contribution in [0.5, 0.6) is 0 Å².